The van der Waals surface area contributed by atoms with E-state index in [-0.39, 0.29) is 22.7 Å². The third-order valence-corrected chi connectivity index (χ3v) is 5.06. The van der Waals surface area contributed by atoms with Crippen molar-refractivity contribution in [3.8, 4) is 11.3 Å². The molecule has 8 heteroatoms. The minimum Gasteiger partial charge on any atom is -0.475 e. The number of nitrogens with one attached hydrogen (secondary N) is 2. The number of carboxylic acids is 1. The quantitative estimate of drug-likeness (QED) is 0.638. The van der Waals surface area contributed by atoms with Crippen molar-refractivity contribution in [1.82, 2.24) is 5.32 Å². The second-order valence-corrected chi connectivity index (χ2v) is 7.26. The van der Waals surface area contributed by atoms with Crippen molar-refractivity contribution < 1.29 is 19.1 Å². The van der Waals surface area contributed by atoms with Crippen LogP contribution in [0.25, 0.3) is 11.3 Å². The number of thiocarbonyl (C=S) groups is 1. The van der Waals surface area contributed by atoms with Gasteiger partial charge in [0.15, 0.2) is 5.11 Å². The van der Waals surface area contributed by atoms with Crippen LogP contribution in [-0.2, 0) is 4.79 Å². The zero-order valence-corrected chi connectivity index (χ0v) is 16.0. The Hall–Kier alpha value is -2.38. The lowest BCUT2D eigenvalue weighted by molar-refractivity contribution is -0.124. The molecule has 1 saturated carbocycles. The van der Waals surface area contributed by atoms with Gasteiger partial charge in [-0.15, -0.1) is 0 Å². The number of aromatic carboxylic acids is 1. The molecule has 1 heterocycles. The van der Waals surface area contributed by atoms with Crippen molar-refractivity contribution in [3.05, 3.63) is 41.1 Å². The summed E-state index contributed by atoms with van der Waals surface area (Å²) in [6.07, 6.45) is 5.07. The Morgan fingerprint density at radius 3 is 2.56 bits per heavy atom. The van der Waals surface area contributed by atoms with E-state index in [1.165, 1.54) is 12.5 Å². The van der Waals surface area contributed by atoms with Gasteiger partial charge in [-0.1, -0.05) is 30.9 Å². The maximum atomic E-state index is 12.3. The van der Waals surface area contributed by atoms with Crippen LogP contribution in [0.2, 0.25) is 5.02 Å². The highest BCUT2D eigenvalue weighted by atomic mass is 35.5. The van der Waals surface area contributed by atoms with Gasteiger partial charge in [0.05, 0.1) is 10.7 Å². The van der Waals surface area contributed by atoms with Gasteiger partial charge >= 0.3 is 5.97 Å². The fourth-order valence-electron chi connectivity index (χ4n) is 3.11. The SMILES string of the molecule is O=C(O)c1ccc(-c2ccc(Cl)c(NC(=S)NC(=O)C3CCCCC3)c2)o1. The number of hydrogen-bond donors (Lipinski definition) is 3. The van der Waals surface area contributed by atoms with Crippen LogP contribution in [0.4, 0.5) is 5.69 Å². The number of amides is 1. The van der Waals surface area contributed by atoms with E-state index in [2.05, 4.69) is 10.6 Å². The normalized spacial score (nSPS) is 14.6. The predicted molar refractivity (Wildman–Crippen MR) is 107 cm³/mol. The summed E-state index contributed by atoms with van der Waals surface area (Å²) >= 11 is 11.4. The van der Waals surface area contributed by atoms with Gasteiger partial charge in [-0.3, -0.25) is 4.79 Å². The fourth-order valence-corrected chi connectivity index (χ4v) is 3.49. The smallest absolute Gasteiger partial charge is 0.371 e. The molecule has 0 saturated heterocycles. The van der Waals surface area contributed by atoms with Crippen LogP contribution in [0.1, 0.15) is 42.7 Å². The van der Waals surface area contributed by atoms with Crippen molar-refractivity contribution in [2.75, 3.05) is 5.32 Å². The summed E-state index contributed by atoms with van der Waals surface area (Å²) in [4.78, 5) is 23.3. The Bertz CT molecular complexity index is 874. The Morgan fingerprint density at radius 2 is 1.89 bits per heavy atom. The van der Waals surface area contributed by atoms with E-state index in [1.54, 1.807) is 24.3 Å². The van der Waals surface area contributed by atoms with E-state index < -0.39 is 5.97 Å². The zero-order valence-electron chi connectivity index (χ0n) is 14.5. The van der Waals surface area contributed by atoms with Crippen molar-refractivity contribution in [2.45, 2.75) is 32.1 Å². The molecule has 6 nitrogen and oxygen atoms in total. The Morgan fingerprint density at radius 1 is 1.15 bits per heavy atom. The highest BCUT2D eigenvalue weighted by molar-refractivity contribution is 7.80. The van der Waals surface area contributed by atoms with E-state index in [1.807, 2.05) is 0 Å². The van der Waals surface area contributed by atoms with Gasteiger partial charge in [0, 0.05) is 11.5 Å². The molecule has 1 aromatic carbocycles. The number of carbonyl (C=O) groups excluding carboxylic acids is 1. The van der Waals surface area contributed by atoms with Crippen LogP contribution in [0, 0.1) is 5.92 Å². The Balaban J connectivity index is 1.69. The van der Waals surface area contributed by atoms with Gasteiger partial charge in [-0.2, -0.15) is 0 Å². The first kappa shape index (κ1) is 19.4. The lowest BCUT2D eigenvalue weighted by Gasteiger charge is -2.21. The van der Waals surface area contributed by atoms with Crippen LogP contribution < -0.4 is 10.6 Å². The highest BCUT2D eigenvalue weighted by Crippen LogP contribution is 2.30. The molecule has 3 rings (SSSR count). The predicted octanol–water partition coefficient (Wildman–Crippen LogP) is 4.69. The van der Waals surface area contributed by atoms with Crippen molar-refractivity contribution >= 4 is 46.5 Å². The molecule has 1 aliphatic carbocycles. The van der Waals surface area contributed by atoms with Gasteiger partial charge in [0.2, 0.25) is 11.7 Å². The first-order chi connectivity index (χ1) is 12.9. The number of benzene rings is 1. The molecule has 1 amide bonds. The molecule has 27 heavy (non-hydrogen) atoms. The molecule has 1 aliphatic rings. The third-order valence-electron chi connectivity index (χ3n) is 4.53. The van der Waals surface area contributed by atoms with Crippen LogP contribution in [-0.4, -0.2) is 22.1 Å². The minimum absolute atomic E-state index is 0.00198. The second kappa shape index (κ2) is 8.54. The highest BCUT2D eigenvalue weighted by Gasteiger charge is 2.22. The number of furan rings is 1. The maximum Gasteiger partial charge on any atom is 0.371 e. The van der Waals surface area contributed by atoms with E-state index >= 15 is 0 Å². The molecular weight excluding hydrogens is 388 g/mol. The van der Waals surface area contributed by atoms with Crippen molar-refractivity contribution in [3.63, 3.8) is 0 Å². The lowest BCUT2D eigenvalue weighted by Crippen LogP contribution is -2.39. The molecule has 0 bridgehead atoms. The zero-order chi connectivity index (χ0) is 19.4. The third kappa shape index (κ3) is 4.87. The molecule has 3 N–H and O–H groups in total. The molecule has 0 atom stereocenters. The molecule has 1 fully saturated rings. The summed E-state index contributed by atoms with van der Waals surface area (Å²) in [5, 5.41) is 15.2. The number of rotatable bonds is 4. The molecule has 2 aromatic rings. The molecule has 1 aromatic heterocycles. The molecule has 142 valence electrons. The molecule has 0 spiro atoms. The number of halogens is 1. The van der Waals surface area contributed by atoms with Gasteiger partial charge in [0.1, 0.15) is 5.76 Å². The van der Waals surface area contributed by atoms with Gasteiger partial charge in [-0.25, -0.2) is 4.79 Å². The standard InChI is InChI=1S/C19H19ClN2O4S/c20-13-7-6-12(15-8-9-16(26-15)18(24)25)10-14(13)21-19(27)22-17(23)11-4-2-1-3-5-11/h6-11H,1-5H2,(H,24,25)(H2,21,22,23,27). The molecule has 0 radical (unpaired) electrons. The summed E-state index contributed by atoms with van der Waals surface area (Å²) in [5.74, 6) is -0.969. The van der Waals surface area contributed by atoms with Gasteiger partial charge in [0.25, 0.3) is 0 Å². The number of carboxylic acid groups (broad SMARTS) is 1. The van der Waals surface area contributed by atoms with E-state index in [9.17, 15) is 9.59 Å². The van der Waals surface area contributed by atoms with Crippen molar-refractivity contribution in [1.29, 1.82) is 0 Å². The second-order valence-electron chi connectivity index (χ2n) is 6.44. The summed E-state index contributed by atoms with van der Waals surface area (Å²) < 4.78 is 5.30. The first-order valence-corrected chi connectivity index (χ1v) is 9.47. The summed E-state index contributed by atoms with van der Waals surface area (Å²) in [6.45, 7) is 0. The molecular formula is C19H19ClN2O4S. The topological polar surface area (TPSA) is 91.6 Å². The average Bonchev–Trinajstić information content (AvgIpc) is 3.14. The van der Waals surface area contributed by atoms with Crippen LogP contribution >= 0.6 is 23.8 Å². The number of anilines is 1. The maximum absolute atomic E-state index is 12.3. The van der Waals surface area contributed by atoms with Crippen LogP contribution in [0.5, 0.6) is 0 Å². The molecule has 0 unspecified atom stereocenters. The number of hydrogen-bond acceptors (Lipinski definition) is 4. The fraction of sp³-hybridized carbons (Fsp3) is 0.316. The van der Waals surface area contributed by atoms with E-state index in [4.69, 9.17) is 33.3 Å². The summed E-state index contributed by atoms with van der Waals surface area (Å²) in [6, 6.07) is 8.00. The number of carbonyl (C=O) groups is 2. The van der Waals surface area contributed by atoms with Crippen LogP contribution in [0.3, 0.4) is 0 Å². The summed E-state index contributed by atoms with van der Waals surface area (Å²) in [5.41, 5.74) is 1.13. The summed E-state index contributed by atoms with van der Waals surface area (Å²) in [7, 11) is 0. The van der Waals surface area contributed by atoms with Crippen LogP contribution in [0.15, 0.2) is 34.7 Å². The lowest BCUT2D eigenvalue weighted by atomic mass is 9.89. The molecule has 0 aliphatic heterocycles. The average molecular weight is 407 g/mol. The van der Waals surface area contributed by atoms with E-state index in [0.717, 1.165) is 25.7 Å². The minimum atomic E-state index is -1.14. The Labute approximate surface area is 166 Å². The monoisotopic (exact) mass is 406 g/mol. The first-order valence-electron chi connectivity index (χ1n) is 8.69. The van der Waals surface area contributed by atoms with E-state index in [0.29, 0.717) is 22.0 Å². The van der Waals surface area contributed by atoms with Crippen molar-refractivity contribution in [2.24, 2.45) is 5.92 Å². The largest absolute Gasteiger partial charge is 0.475 e. The Kier molecular flexibility index (Phi) is 6.13. The van der Waals surface area contributed by atoms with Gasteiger partial charge < -0.3 is 20.2 Å². The van der Waals surface area contributed by atoms with Gasteiger partial charge in [-0.05, 0) is 55.4 Å².